The van der Waals surface area contributed by atoms with Crippen molar-refractivity contribution in [2.24, 2.45) is 0 Å². The van der Waals surface area contributed by atoms with Crippen molar-refractivity contribution in [2.75, 3.05) is 0 Å². The van der Waals surface area contributed by atoms with Gasteiger partial charge in [0, 0.05) is 30.7 Å². The number of carbonyl (C=O) groups is 1. The number of amides is 1. The Morgan fingerprint density at radius 1 is 1.33 bits per heavy atom. The van der Waals surface area contributed by atoms with Crippen molar-refractivity contribution in [1.29, 1.82) is 0 Å². The minimum absolute atomic E-state index is 0.0392. The number of nitrogens with zero attached hydrogens (tertiary/aromatic N) is 3. The Kier molecular flexibility index (Phi) is 4.92. The smallest absolute Gasteiger partial charge is 0.244 e. The van der Waals surface area contributed by atoms with E-state index in [0.717, 1.165) is 5.56 Å². The second-order valence-electron chi connectivity index (χ2n) is 5.01. The summed E-state index contributed by atoms with van der Waals surface area (Å²) in [5.41, 5.74) is 0.854. The third-order valence-electron chi connectivity index (χ3n) is 2.95. The molecule has 1 atom stereocenters. The molecule has 0 aliphatic rings. The van der Waals surface area contributed by atoms with E-state index in [1.807, 2.05) is 26.0 Å². The third-order valence-corrected chi connectivity index (χ3v) is 2.95. The van der Waals surface area contributed by atoms with Gasteiger partial charge < -0.3 is 10.1 Å². The highest BCUT2D eigenvalue weighted by Crippen LogP contribution is 2.16. The zero-order chi connectivity index (χ0) is 15.2. The summed E-state index contributed by atoms with van der Waals surface area (Å²) in [6, 6.07) is 5.15. The molecule has 1 N–H and O–H groups in total. The van der Waals surface area contributed by atoms with Crippen molar-refractivity contribution in [3.63, 3.8) is 0 Å². The Bertz CT molecular complexity index is 581. The van der Waals surface area contributed by atoms with Crippen molar-refractivity contribution in [1.82, 2.24) is 20.1 Å². The van der Waals surface area contributed by atoms with Gasteiger partial charge >= 0.3 is 0 Å². The summed E-state index contributed by atoms with van der Waals surface area (Å²) in [5.74, 6) is 0.456. The molecule has 112 valence electrons. The fourth-order valence-electron chi connectivity index (χ4n) is 1.85. The molecule has 1 unspecified atom stereocenters. The van der Waals surface area contributed by atoms with Crippen LogP contribution >= 0.6 is 0 Å². The molecule has 2 aromatic rings. The maximum Gasteiger partial charge on any atom is 0.244 e. The fraction of sp³-hybridized carbons (Fsp3) is 0.400. The lowest BCUT2D eigenvalue weighted by atomic mass is 10.2. The SMILES string of the molecule is CC(C)Oc1ncccc1CNC(=O)C(C)n1cccn1. The average molecular weight is 288 g/mol. The largest absolute Gasteiger partial charge is 0.475 e. The maximum atomic E-state index is 12.1. The molecule has 0 radical (unpaired) electrons. The molecular weight excluding hydrogens is 268 g/mol. The highest BCUT2D eigenvalue weighted by atomic mass is 16.5. The molecule has 0 saturated carbocycles. The van der Waals surface area contributed by atoms with Gasteiger partial charge in [0.2, 0.25) is 11.8 Å². The molecule has 2 aromatic heterocycles. The summed E-state index contributed by atoms with van der Waals surface area (Å²) < 4.78 is 7.25. The highest BCUT2D eigenvalue weighted by Gasteiger charge is 2.15. The quantitative estimate of drug-likeness (QED) is 0.882. The van der Waals surface area contributed by atoms with Crippen LogP contribution in [0.25, 0.3) is 0 Å². The summed E-state index contributed by atoms with van der Waals surface area (Å²) in [4.78, 5) is 16.3. The molecule has 6 nitrogen and oxygen atoms in total. The minimum atomic E-state index is -0.355. The van der Waals surface area contributed by atoms with E-state index in [0.29, 0.717) is 12.4 Å². The molecular formula is C15H20N4O2. The summed E-state index contributed by atoms with van der Waals surface area (Å²) in [5, 5.41) is 6.95. The number of hydrogen-bond donors (Lipinski definition) is 1. The molecule has 0 aliphatic heterocycles. The van der Waals surface area contributed by atoms with Gasteiger partial charge in [0.1, 0.15) is 6.04 Å². The molecule has 2 rings (SSSR count). The first-order valence-corrected chi connectivity index (χ1v) is 6.95. The van der Waals surface area contributed by atoms with Gasteiger partial charge in [-0.15, -0.1) is 0 Å². The first-order valence-electron chi connectivity index (χ1n) is 6.95. The molecule has 2 heterocycles. The predicted octanol–water partition coefficient (Wildman–Crippen LogP) is 1.94. The monoisotopic (exact) mass is 288 g/mol. The molecule has 0 fully saturated rings. The van der Waals surface area contributed by atoms with E-state index < -0.39 is 0 Å². The van der Waals surface area contributed by atoms with Crippen LogP contribution in [-0.2, 0) is 11.3 Å². The van der Waals surface area contributed by atoms with Crippen LogP contribution in [0.15, 0.2) is 36.8 Å². The topological polar surface area (TPSA) is 69.0 Å². The van der Waals surface area contributed by atoms with Gasteiger partial charge in [0.25, 0.3) is 0 Å². The lowest BCUT2D eigenvalue weighted by molar-refractivity contribution is -0.124. The van der Waals surface area contributed by atoms with Crippen LogP contribution in [0.2, 0.25) is 0 Å². The number of carbonyl (C=O) groups excluding carboxylic acids is 1. The van der Waals surface area contributed by atoms with E-state index in [-0.39, 0.29) is 18.1 Å². The minimum Gasteiger partial charge on any atom is -0.475 e. The summed E-state index contributed by atoms with van der Waals surface area (Å²) in [6.45, 7) is 6.06. The van der Waals surface area contributed by atoms with Gasteiger partial charge in [-0.2, -0.15) is 5.10 Å². The zero-order valence-corrected chi connectivity index (χ0v) is 12.5. The Hall–Kier alpha value is -2.37. The van der Waals surface area contributed by atoms with Crippen LogP contribution in [0.5, 0.6) is 5.88 Å². The lowest BCUT2D eigenvalue weighted by Crippen LogP contribution is -2.31. The van der Waals surface area contributed by atoms with Gasteiger partial charge in [-0.05, 0) is 32.9 Å². The van der Waals surface area contributed by atoms with E-state index in [1.165, 1.54) is 0 Å². The molecule has 6 heteroatoms. The molecule has 0 bridgehead atoms. The summed E-state index contributed by atoms with van der Waals surface area (Å²) in [7, 11) is 0. The number of nitrogens with one attached hydrogen (secondary N) is 1. The predicted molar refractivity (Wildman–Crippen MR) is 78.8 cm³/mol. The van der Waals surface area contributed by atoms with Crippen molar-refractivity contribution in [2.45, 2.75) is 39.5 Å². The number of ether oxygens (including phenoxy) is 1. The third kappa shape index (κ3) is 4.05. The van der Waals surface area contributed by atoms with Gasteiger partial charge in [0.05, 0.1) is 6.10 Å². The number of rotatable bonds is 6. The van der Waals surface area contributed by atoms with Crippen LogP contribution in [-0.4, -0.2) is 26.8 Å². The molecule has 1 amide bonds. The second-order valence-corrected chi connectivity index (χ2v) is 5.01. The second kappa shape index (κ2) is 6.88. The molecule has 0 saturated heterocycles. The Morgan fingerprint density at radius 2 is 2.14 bits per heavy atom. The Labute approximate surface area is 124 Å². The van der Waals surface area contributed by atoms with Gasteiger partial charge in [0.15, 0.2) is 0 Å². The standard InChI is InChI=1S/C15H20N4O2/c1-11(2)21-15-13(6-4-7-16-15)10-17-14(20)12(3)19-9-5-8-18-19/h4-9,11-12H,10H2,1-3H3,(H,17,20). The van der Waals surface area contributed by atoms with Gasteiger partial charge in [-0.25, -0.2) is 4.98 Å². The van der Waals surface area contributed by atoms with E-state index >= 15 is 0 Å². The maximum absolute atomic E-state index is 12.1. The van der Waals surface area contributed by atoms with E-state index in [9.17, 15) is 4.79 Å². The van der Waals surface area contributed by atoms with Crippen LogP contribution in [0.4, 0.5) is 0 Å². The normalized spacial score (nSPS) is 12.2. The Morgan fingerprint density at radius 3 is 2.81 bits per heavy atom. The molecule has 21 heavy (non-hydrogen) atoms. The number of hydrogen-bond acceptors (Lipinski definition) is 4. The zero-order valence-electron chi connectivity index (χ0n) is 12.5. The average Bonchev–Trinajstić information content (AvgIpc) is 2.98. The molecule has 0 spiro atoms. The first-order chi connectivity index (χ1) is 10.1. The number of aromatic nitrogens is 3. The Balaban J connectivity index is 1.98. The van der Waals surface area contributed by atoms with Crippen molar-refractivity contribution >= 4 is 5.91 Å². The van der Waals surface area contributed by atoms with Crippen molar-refractivity contribution in [3.05, 3.63) is 42.4 Å². The van der Waals surface area contributed by atoms with Gasteiger partial charge in [-0.1, -0.05) is 6.07 Å². The molecule has 0 aliphatic carbocycles. The lowest BCUT2D eigenvalue weighted by Gasteiger charge is -2.15. The number of pyridine rings is 1. The van der Waals surface area contributed by atoms with E-state index in [4.69, 9.17) is 4.74 Å². The van der Waals surface area contributed by atoms with E-state index in [2.05, 4.69) is 15.4 Å². The summed E-state index contributed by atoms with van der Waals surface area (Å²) >= 11 is 0. The van der Waals surface area contributed by atoms with Crippen LogP contribution < -0.4 is 10.1 Å². The highest BCUT2D eigenvalue weighted by molar-refractivity contribution is 5.79. The molecule has 0 aromatic carbocycles. The summed E-state index contributed by atoms with van der Waals surface area (Å²) in [6.07, 6.45) is 5.13. The van der Waals surface area contributed by atoms with Crippen molar-refractivity contribution < 1.29 is 9.53 Å². The van der Waals surface area contributed by atoms with Crippen LogP contribution in [0.1, 0.15) is 32.4 Å². The van der Waals surface area contributed by atoms with Crippen LogP contribution in [0, 0.1) is 0 Å². The first kappa shape index (κ1) is 15.0. The van der Waals surface area contributed by atoms with Crippen LogP contribution in [0.3, 0.4) is 0 Å². The van der Waals surface area contributed by atoms with Crippen molar-refractivity contribution in [3.8, 4) is 5.88 Å². The fourth-order valence-corrected chi connectivity index (χ4v) is 1.85. The van der Waals surface area contributed by atoms with Gasteiger partial charge in [-0.3, -0.25) is 9.48 Å². The van der Waals surface area contributed by atoms with E-state index in [1.54, 1.807) is 36.3 Å².